The maximum absolute atomic E-state index is 13.0. The monoisotopic (exact) mass is 285 g/mol. The number of anilines is 1. The number of benzene rings is 2. The molecule has 2 aromatic carbocycles. The molecule has 0 aliphatic rings. The highest BCUT2D eigenvalue weighted by atomic mass is 19.1. The summed E-state index contributed by atoms with van der Waals surface area (Å²) < 4.78 is 14.6. The lowest BCUT2D eigenvalue weighted by Gasteiger charge is -2.07. The van der Waals surface area contributed by atoms with Crippen LogP contribution in [0.1, 0.15) is 10.4 Å². The minimum absolute atomic E-state index is 0.171. The third-order valence-electron chi connectivity index (χ3n) is 3.28. The van der Waals surface area contributed by atoms with Gasteiger partial charge < -0.3 is 10.4 Å². The molecule has 1 aromatic heterocycles. The van der Waals surface area contributed by atoms with Gasteiger partial charge in [0.25, 0.3) is 0 Å². The molecule has 0 spiro atoms. The first-order chi connectivity index (χ1) is 10.1. The Morgan fingerprint density at radius 3 is 2.62 bits per heavy atom. The van der Waals surface area contributed by atoms with Crippen LogP contribution in [0.15, 0.2) is 42.6 Å². The van der Waals surface area contributed by atoms with Gasteiger partial charge in [-0.1, -0.05) is 0 Å². The van der Waals surface area contributed by atoms with Crippen LogP contribution in [-0.4, -0.2) is 27.9 Å². The van der Waals surface area contributed by atoms with Crippen molar-refractivity contribution in [3.8, 4) is 5.69 Å². The van der Waals surface area contributed by atoms with Gasteiger partial charge in [-0.05, 0) is 36.4 Å². The van der Waals surface area contributed by atoms with E-state index >= 15 is 0 Å². The summed E-state index contributed by atoms with van der Waals surface area (Å²) >= 11 is 0. The molecule has 0 radical (unpaired) electrons. The summed E-state index contributed by atoms with van der Waals surface area (Å²) in [6, 6.07) is 9.22. The van der Waals surface area contributed by atoms with Crippen molar-refractivity contribution in [2.45, 2.75) is 0 Å². The van der Waals surface area contributed by atoms with E-state index in [1.807, 2.05) is 0 Å². The Bertz CT molecular complexity index is 825. The van der Waals surface area contributed by atoms with Crippen molar-refractivity contribution < 1.29 is 14.3 Å². The van der Waals surface area contributed by atoms with Gasteiger partial charge in [-0.2, -0.15) is 5.10 Å². The highest BCUT2D eigenvalue weighted by Crippen LogP contribution is 2.26. The van der Waals surface area contributed by atoms with Gasteiger partial charge in [-0.15, -0.1) is 0 Å². The standard InChI is InChI=1S/C15H12FN3O2/c1-17-10-6-12(15(20)21)13-8-18-19(14(13)7-10)11-4-2-9(16)3-5-11/h2-8,17H,1H3,(H,20,21). The van der Waals surface area contributed by atoms with E-state index < -0.39 is 5.97 Å². The topological polar surface area (TPSA) is 67.2 Å². The highest BCUT2D eigenvalue weighted by Gasteiger charge is 2.15. The molecule has 21 heavy (non-hydrogen) atoms. The second kappa shape index (κ2) is 4.90. The number of rotatable bonds is 3. The first-order valence-electron chi connectivity index (χ1n) is 6.29. The Morgan fingerprint density at radius 1 is 1.29 bits per heavy atom. The van der Waals surface area contributed by atoms with Crippen LogP contribution in [0.4, 0.5) is 10.1 Å². The van der Waals surface area contributed by atoms with Crippen molar-refractivity contribution in [2.75, 3.05) is 12.4 Å². The minimum Gasteiger partial charge on any atom is -0.478 e. The van der Waals surface area contributed by atoms with E-state index in [-0.39, 0.29) is 11.4 Å². The zero-order valence-electron chi connectivity index (χ0n) is 11.2. The SMILES string of the molecule is CNc1cc(C(=O)O)c2cnn(-c3ccc(F)cc3)c2c1. The van der Waals surface area contributed by atoms with Crippen LogP contribution in [0.2, 0.25) is 0 Å². The molecule has 6 heteroatoms. The molecule has 0 amide bonds. The average Bonchev–Trinajstić information content (AvgIpc) is 2.90. The lowest BCUT2D eigenvalue weighted by atomic mass is 10.1. The number of nitrogens with zero attached hydrogens (tertiary/aromatic N) is 2. The third-order valence-corrected chi connectivity index (χ3v) is 3.28. The zero-order valence-corrected chi connectivity index (χ0v) is 11.2. The molecule has 0 saturated heterocycles. The van der Waals surface area contributed by atoms with Crippen molar-refractivity contribution >= 4 is 22.6 Å². The van der Waals surface area contributed by atoms with Crippen molar-refractivity contribution in [2.24, 2.45) is 0 Å². The summed E-state index contributed by atoms with van der Waals surface area (Å²) in [5.41, 5.74) is 2.15. The van der Waals surface area contributed by atoms with Crippen molar-refractivity contribution in [1.29, 1.82) is 0 Å². The van der Waals surface area contributed by atoms with Gasteiger partial charge in [-0.25, -0.2) is 13.9 Å². The summed E-state index contributed by atoms with van der Waals surface area (Å²) in [6.45, 7) is 0. The molecule has 0 fully saturated rings. The maximum atomic E-state index is 13.0. The molecular weight excluding hydrogens is 273 g/mol. The lowest BCUT2D eigenvalue weighted by Crippen LogP contribution is -2.01. The van der Waals surface area contributed by atoms with Crippen LogP contribution < -0.4 is 5.32 Å². The Kier molecular flexibility index (Phi) is 3.06. The molecule has 0 atom stereocenters. The number of fused-ring (bicyclic) bond motifs is 1. The number of carbonyl (C=O) groups is 1. The van der Waals surface area contributed by atoms with Crippen molar-refractivity contribution in [3.05, 3.63) is 54.0 Å². The third kappa shape index (κ3) is 2.20. The Balaban J connectivity index is 2.28. The average molecular weight is 285 g/mol. The smallest absolute Gasteiger partial charge is 0.336 e. The van der Waals surface area contributed by atoms with Gasteiger partial charge >= 0.3 is 5.97 Å². The predicted octanol–water partition coefficient (Wildman–Crippen LogP) is 2.90. The fraction of sp³-hybridized carbons (Fsp3) is 0.0667. The molecule has 0 aliphatic heterocycles. The molecule has 3 rings (SSSR count). The van der Waals surface area contributed by atoms with Crippen LogP contribution in [0, 0.1) is 5.82 Å². The van der Waals surface area contributed by atoms with Gasteiger partial charge in [0, 0.05) is 18.1 Å². The van der Waals surface area contributed by atoms with Gasteiger partial charge in [0.05, 0.1) is 23.0 Å². The largest absolute Gasteiger partial charge is 0.478 e. The van der Waals surface area contributed by atoms with Gasteiger partial charge in [0.1, 0.15) is 5.82 Å². The molecule has 0 unspecified atom stereocenters. The number of halogens is 1. The summed E-state index contributed by atoms with van der Waals surface area (Å²) in [6.07, 6.45) is 1.50. The van der Waals surface area contributed by atoms with Crippen LogP contribution in [0.5, 0.6) is 0 Å². The summed E-state index contributed by atoms with van der Waals surface area (Å²) in [4.78, 5) is 11.4. The summed E-state index contributed by atoms with van der Waals surface area (Å²) in [5.74, 6) is -1.35. The molecular formula is C15H12FN3O2. The maximum Gasteiger partial charge on any atom is 0.336 e. The van der Waals surface area contributed by atoms with E-state index in [0.29, 0.717) is 22.3 Å². The zero-order chi connectivity index (χ0) is 15.0. The molecule has 0 aliphatic carbocycles. The second-order valence-electron chi connectivity index (χ2n) is 4.54. The van der Waals surface area contributed by atoms with Gasteiger partial charge in [-0.3, -0.25) is 0 Å². The Morgan fingerprint density at radius 2 is 2.00 bits per heavy atom. The number of hydrogen-bond donors (Lipinski definition) is 2. The van der Waals surface area contributed by atoms with Crippen LogP contribution in [0.25, 0.3) is 16.6 Å². The first-order valence-corrected chi connectivity index (χ1v) is 6.29. The highest BCUT2D eigenvalue weighted by molar-refractivity contribution is 6.04. The van der Waals surface area contributed by atoms with Gasteiger partial charge in [0.15, 0.2) is 0 Å². The Labute approximate surface area is 119 Å². The van der Waals surface area contributed by atoms with Crippen molar-refractivity contribution in [3.63, 3.8) is 0 Å². The van der Waals surface area contributed by atoms with E-state index in [0.717, 1.165) is 0 Å². The van der Waals surface area contributed by atoms with Crippen LogP contribution in [0.3, 0.4) is 0 Å². The molecule has 5 nitrogen and oxygen atoms in total. The quantitative estimate of drug-likeness (QED) is 0.776. The minimum atomic E-state index is -1.02. The lowest BCUT2D eigenvalue weighted by molar-refractivity contribution is 0.0699. The predicted molar refractivity (Wildman–Crippen MR) is 77.5 cm³/mol. The molecule has 106 valence electrons. The van der Waals surface area contributed by atoms with E-state index in [1.165, 1.54) is 18.3 Å². The fourth-order valence-corrected chi connectivity index (χ4v) is 2.24. The molecule has 2 N–H and O–H groups in total. The summed E-state index contributed by atoms with van der Waals surface area (Å²) in [7, 11) is 1.71. The van der Waals surface area contributed by atoms with E-state index in [1.54, 1.807) is 36.0 Å². The number of aromatic carboxylic acids is 1. The molecule has 0 saturated carbocycles. The van der Waals surface area contributed by atoms with Gasteiger partial charge in [0.2, 0.25) is 0 Å². The Hall–Kier alpha value is -2.89. The normalized spacial score (nSPS) is 10.8. The number of carboxylic acids is 1. The summed E-state index contributed by atoms with van der Waals surface area (Å²) in [5, 5.41) is 17.0. The number of carboxylic acid groups (broad SMARTS) is 1. The van der Waals surface area contributed by atoms with Crippen LogP contribution >= 0.6 is 0 Å². The fourth-order valence-electron chi connectivity index (χ4n) is 2.24. The first kappa shape index (κ1) is 13.1. The molecule has 1 heterocycles. The van der Waals surface area contributed by atoms with E-state index in [2.05, 4.69) is 10.4 Å². The van der Waals surface area contributed by atoms with E-state index in [4.69, 9.17) is 0 Å². The molecule has 3 aromatic rings. The number of aromatic nitrogens is 2. The van der Waals surface area contributed by atoms with Crippen molar-refractivity contribution in [1.82, 2.24) is 9.78 Å². The number of nitrogens with one attached hydrogen (secondary N) is 1. The molecule has 0 bridgehead atoms. The second-order valence-corrected chi connectivity index (χ2v) is 4.54. The number of hydrogen-bond acceptors (Lipinski definition) is 3. The van der Waals surface area contributed by atoms with Crippen LogP contribution in [-0.2, 0) is 0 Å². The van der Waals surface area contributed by atoms with E-state index in [9.17, 15) is 14.3 Å².